The van der Waals surface area contributed by atoms with Gasteiger partial charge in [-0.1, -0.05) is 13.8 Å². The fraction of sp³-hybridized carbons (Fsp3) is 0.688. The van der Waals surface area contributed by atoms with Gasteiger partial charge in [-0.3, -0.25) is 9.88 Å². The molecule has 0 aromatic carbocycles. The summed E-state index contributed by atoms with van der Waals surface area (Å²) in [6.07, 6.45) is 7.53. The molecule has 0 unspecified atom stereocenters. The third-order valence-electron chi connectivity index (χ3n) is 4.56. The molecule has 1 aromatic rings. The van der Waals surface area contributed by atoms with Gasteiger partial charge in [-0.25, -0.2) is 0 Å². The SMILES string of the molecule is CCC1(CC)CN(Cc2ccncc2C)CCCN1. The summed E-state index contributed by atoms with van der Waals surface area (Å²) < 4.78 is 0. The molecule has 3 nitrogen and oxygen atoms in total. The molecule has 2 rings (SSSR count). The average molecular weight is 261 g/mol. The number of hydrogen-bond donors (Lipinski definition) is 1. The molecule has 3 heteroatoms. The Labute approximate surface area is 117 Å². The second kappa shape index (κ2) is 6.49. The van der Waals surface area contributed by atoms with Crippen molar-refractivity contribution in [1.29, 1.82) is 0 Å². The highest BCUT2D eigenvalue weighted by molar-refractivity contribution is 5.21. The molecule has 0 saturated carbocycles. The summed E-state index contributed by atoms with van der Waals surface area (Å²) >= 11 is 0. The van der Waals surface area contributed by atoms with Crippen LogP contribution in [0.5, 0.6) is 0 Å². The fourth-order valence-corrected chi connectivity index (χ4v) is 3.00. The molecule has 1 aromatic heterocycles. The molecule has 0 amide bonds. The molecule has 0 aliphatic carbocycles. The molecule has 1 fully saturated rings. The Morgan fingerprint density at radius 2 is 2.16 bits per heavy atom. The van der Waals surface area contributed by atoms with E-state index in [1.54, 1.807) is 0 Å². The van der Waals surface area contributed by atoms with Crippen molar-refractivity contribution in [3.8, 4) is 0 Å². The zero-order valence-corrected chi connectivity index (χ0v) is 12.6. The Hall–Kier alpha value is -0.930. The highest BCUT2D eigenvalue weighted by atomic mass is 15.2. The van der Waals surface area contributed by atoms with E-state index in [1.807, 2.05) is 12.4 Å². The molecular formula is C16H27N3. The molecule has 0 radical (unpaired) electrons. The molecule has 0 atom stereocenters. The van der Waals surface area contributed by atoms with Crippen LogP contribution in [0.25, 0.3) is 0 Å². The van der Waals surface area contributed by atoms with E-state index in [1.165, 1.54) is 36.9 Å². The smallest absolute Gasteiger partial charge is 0.0303 e. The maximum Gasteiger partial charge on any atom is 0.0303 e. The molecule has 19 heavy (non-hydrogen) atoms. The molecular weight excluding hydrogens is 234 g/mol. The van der Waals surface area contributed by atoms with E-state index >= 15 is 0 Å². The number of hydrogen-bond acceptors (Lipinski definition) is 3. The van der Waals surface area contributed by atoms with Crippen LogP contribution in [0.2, 0.25) is 0 Å². The van der Waals surface area contributed by atoms with Crippen molar-refractivity contribution in [2.45, 2.75) is 52.1 Å². The largest absolute Gasteiger partial charge is 0.310 e. The van der Waals surface area contributed by atoms with Crippen LogP contribution in [-0.2, 0) is 6.54 Å². The van der Waals surface area contributed by atoms with Crippen LogP contribution in [0, 0.1) is 6.92 Å². The minimum atomic E-state index is 0.303. The van der Waals surface area contributed by atoms with Gasteiger partial charge in [0.1, 0.15) is 0 Å². The lowest BCUT2D eigenvalue weighted by Crippen LogP contribution is -2.50. The standard InChI is InChI=1S/C16H27N3/c1-4-16(5-2)13-19(10-6-8-18-16)12-15-7-9-17-11-14(15)3/h7,9,11,18H,4-6,8,10,12-13H2,1-3H3. The predicted molar refractivity (Wildman–Crippen MR) is 80.2 cm³/mol. The summed E-state index contributed by atoms with van der Waals surface area (Å²) in [6, 6.07) is 2.16. The zero-order valence-electron chi connectivity index (χ0n) is 12.6. The summed E-state index contributed by atoms with van der Waals surface area (Å²) in [5, 5.41) is 3.77. The number of nitrogens with one attached hydrogen (secondary N) is 1. The first-order valence-electron chi connectivity index (χ1n) is 7.56. The van der Waals surface area contributed by atoms with E-state index in [-0.39, 0.29) is 0 Å². The highest BCUT2D eigenvalue weighted by Crippen LogP contribution is 2.21. The maximum absolute atomic E-state index is 4.19. The van der Waals surface area contributed by atoms with E-state index in [0.29, 0.717) is 5.54 Å². The van der Waals surface area contributed by atoms with Gasteiger partial charge in [0.15, 0.2) is 0 Å². The summed E-state index contributed by atoms with van der Waals surface area (Å²) in [5.41, 5.74) is 3.02. The monoisotopic (exact) mass is 261 g/mol. The van der Waals surface area contributed by atoms with Crippen molar-refractivity contribution in [2.24, 2.45) is 0 Å². The molecule has 1 aliphatic rings. The predicted octanol–water partition coefficient (Wildman–Crippen LogP) is 2.74. The number of pyridine rings is 1. The minimum Gasteiger partial charge on any atom is -0.310 e. The Bertz CT molecular complexity index is 399. The lowest BCUT2D eigenvalue weighted by molar-refractivity contribution is 0.191. The normalized spacial score (nSPS) is 20.2. The van der Waals surface area contributed by atoms with Crippen molar-refractivity contribution in [1.82, 2.24) is 15.2 Å². The van der Waals surface area contributed by atoms with Crippen LogP contribution in [0.4, 0.5) is 0 Å². The van der Waals surface area contributed by atoms with Crippen LogP contribution >= 0.6 is 0 Å². The fourth-order valence-electron chi connectivity index (χ4n) is 3.00. The Morgan fingerprint density at radius 1 is 1.37 bits per heavy atom. The van der Waals surface area contributed by atoms with Gasteiger partial charge in [0.2, 0.25) is 0 Å². The Kier molecular flexibility index (Phi) is 4.94. The molecule has 1 saturated heterocycles. The van der Waals surface area contributed by atoms with Gasteiger partial charge in [0.05, 0.1) is 0 Å². The van der Waals surface area contributed by atoms with Crippen LogP contribution in [0.15, 0.2) is 18.5 Å². The summed E-state index contributed by atoms with van der Waals surface area (Å²) in [6.45, 7) is 11.3. The maximum atomic E-state index is 4.19. The highest BCUT2D eigenvalue weighted by Gasteiger charge is 2.30. The summed E-state index contributed by atoms with van der Waals surface area (Å²) in [5.74, 6) is 0. The van der Waals surface area contributed by atoms with E-state index in [0.717, 1.165) is 19.6 Å². The van der Waals surface area contributed by atoms with Crippen LogP contribution < -0.4 is 5.32 Å². The number of aromatic nitrogens is 1. The Balaban J connectivity index is 2.09. The van der Waals surface area contributed by atoms with Gasteiger partial charge >= 0.3 is 0 Å². The molecule has 1 aliphatic heterocycles. The summed E-state index contributed by atoms with van der Waals surface area (Å²) in [7, 11) is 0. The van der Waals surface area contributed by atoms with Crippen LogP contribution in [0.3, 0.4) is 0 Å². The lowest BCUT2D eigenvalue weighted by atomic mass is 9.92. The first kappa shape index (κ1) is 14.5. The van der Waals surface area contributed by atoms with Crippen molar-refractivity contribution in [3.05, 3.63) is 29.6 Å². The minimum absolute atomic E-state index is 0.303. The van der Waals surface area contributed by atoms with Gasteiger partial charge in [-0.15, -0.1) is 0 Å². The van der Waals surface area contributed by atoms with Crippen molar-refractivity contribution < 1.29 is 0 Å². The second-order valence-electron chi connectivity index (χ2n) is 5.78. The molecule has 2 heterocycles. The van der Waals surface area contributed by atoms with Crippen molar-refractivity contribution in [2.75, 3.05) is 19.6 Å². The third kappa shape index (κ3) is 3.54. The molecule has 0 spiro atoms. The van der Waals surface area contributed by atoms with E-state index in [9.17, 15) is 0 Å². The average Bonchev–Trinajstić information content (AvgIpc) is 2.64. The molecule has 0 bridgehead atoms. The topological polar surface area (TPSA) is 28.2 Å². The van der Waals surface area contributed by atoms with Gasteiger partial charge in [-0.05, 0) is 56.5 Å². The second-order valence-corrected chi connectivity index (χ2v) is 5.78. The quantitative estimate of drug-likeness (QED) is 0.903. The van der Waals surface area contributed by atoms with Crippen molar-refractivity contribution in [3.63, 3.8) is 0 Å². The third-order valence-corrected chi connectivity index (χ3v) is 4.56. The first-order chi connectivity index (χ1) is 9.19. The zero-order chi connectivity index (χ0) is 13.7. The van der Waals surface area contributed by atoms with E-state index in [4.69, 9.17) is 0 Å². The van der Waals surface area contributed by atoms with Gasteiger partial charge < -0.3 is 5.32 Å². The first-order valence-corrected chi connectivity index (χ1v) is 7.56. The Morgan fingerprint density at radius 3 is 2.84 bits per heavy atom. The van der Waals surface area contributed by atoms with Crippen LogP contribution in [0.1, 0.15) is 44.2 Å². The van der Waals surface area contributed by atoms with E-state index in [2.05, 4.69) is 42.0 Å². The van der Waals surface area contributed by atoms with Gasteiger partial charge in [0.25, 0.3) is 0 Å². The van der Waals surface area contributed by atoms with Crippen molar-refractivity contribution >= 4 is 0 Å². The number of nitrogens with zero attached hydrogens (tertiary/aromatic N) is 2. The lowest BCUT2D eigenvalue weighted by Gasteiger charge is -2.35. The van der Waals surface area contributed by atoms with E-state index < -0.39 is 0 Å². The molecule has 106 valence electrons. The number of aryl methyl sites for hydroxylation is 1. The van der Waals surface area contributed by atoms with Gasteiger partial charge in [-0.2, -0.15) is 0 Å². The summed E-state index contributed by atoms with van der Waals surface area (Å²) in [4.78, 5) is 6.79. The van der Waals surface area contributed by atoms with Crippen LogP contribution in [-0.4, -0.2) is 35.1 Å². The number of rotatable bonds is 4. The molecule has 1 N–H and O–H groups in total. The van der Waals surface area contributed by atoms with Gasteiger partial charge in [0, 0.05) is 31.0 Å².